The summed E-state index contributed by atoms with van der Waals surface area (Å²) in [5, 5.41) is 18.6. The van der Waals surface area contributed by atoms with Crippen molar-refractivity contribution in [1.82, 2.24) is 4.90 Å². The molecule has 0 unspecified atom stereocenters. The molecule has 1 aliphatic heterocycles. The molecule has 6 heteroatoms. The van der Waals surface area contributed by atoms with E-state index in [2.05, 4.69) is 0 Å². The molecule has 1 rings (SSSR count). The molecule has 16 heavy (non-hydrogen) atoms. The van der Waals surface area contributed by atoms with Gasteiger partial charge in [-0.3, -0.25) is 9.59 Å². The van der Waals surface area contributed by atoms with Gasteiger partial charge in [0.25, 0.3) is 0 Å². The summed E-state index contributed by atoms with van der Waals surface area (Å²) in [7, 11) is 0. The number of primary amides is 1. The lowest BCUT2D eigenvalue weighted by molar-refractivity contribution is -0.134. The highest BCUT2D eigenvalue weighted by molar-refractivity contribution is 5.79. The molecule has 4 N–H and O–H groups in total. The van der Waals surface area contributed by atoms with Gasteiger partial charge in [0, 0.05) is 19.5 Å². The van der Waals surface area contributed by atoms with Gasteiger partial charge in [0.2, 0.25) is 11.8 Å². The van der Waals surface area contributed by atoms with Crippen molar-refractivity contribution in [2.24, 2.45) is 5.73 Å². The number of aliphatic hydroxyl groups is 2. The lowest BCUT2D eigenvalue weighted by atomic mass is 10.1. The molecule has 0 aromatic heterocycles. The summed E-state index contributed by atoms with van der Waals surface area (Å²) in [5.74, 6) is -1.02. The molecule has 1 fully saturated rings. The molecule has 0 radical (unpaired) electrons. The molecule has 2 amide bonds. The molecule has 1 heterocycles. The Balaban J connectivity index is 2.30. The Bertz CT molecular complexity index is 264. The lowest BCUT2D eigenvalue weighted by Crippen LogP contribution is -2.35. The number of hydrogen-bond acceptors (Lipinski definition) is 4. The SMILES string of the molecule is NC(=O)[C@@H](O)C[C@@H](O)CC(=O)N1CCCC1. The average Bonchev–Trinajstić information content (AvgIpc) is 2.69. The maximum absolute atomic E-state index is 11.6. The van der Waals surface area contributed by atoms with E-state index >= 15 is 0 Å². The largest absolute Gasteiger partial charge is 0.392 e. The molecule has 0 aromatic carbocycles. The van der Waals surface area contributed by atoms with Crippen molar-refractivity contribution in [2.45, 2.75) is 37.9 Å². The Morgan fingerprint density at radius 3 is 2.31 bits per heavy atom. The van der Waals surface area contributed by atoms with Crippen LogP contribution < -0.4 is 5.73 Å². The monoisotopic (exact) mass is 230 g/mol. The highest BCUT2D eigenvalue weighted by atomic mass is 16.3. The van der Waals surface area contributed by atoms with Crippen LogP contribution in [0, 0.1) is 0 Å². The molecule has 1 aliphatic rings. The van der Waals surface area contributed by atoms with E-state index in [1.807, 2.05) is 0 Å². The van der Waals surface area contributed by atoms with Crippen LogP contribution in [0.25, 0.3) is 0 Å². The van der Waals surface area contributed by atoms with Crippen LogP contribution in [0.15, 0.2) is 0 Å². The number of amides is 2. The van der Waals surface area contributed by atoms with Crippen LogP contribution in [0.3, 0.4) is 0 Å². The predicted molar refractivity (Wildman–Crippen MR) is 56.3 cm³/mol. The fourth-order valence-corrected chi connectivity index (χ4v) is 1.75. The molecule has 0 aromatic rings. The third-order valence-electron chi connectivity index (χ3n) is 2.69. The second kappa shape index (κ2) is 5.81. The van der Waals surface area contributed by atoms with Gasteiger partial charge in [-0.25, -0.2) is 0 Å². The highest BCUT2D eigenvalue weighted by Crippen LogP contribution is 2.11. The maximum Gasteiger partial charge on any atom is 0.246 e. The number of nitrogens with zero attached hydrogens (tertiary/aromatic N) is 1. The smallest absolute Gasteiger partial charge is 0.246 e. The van der Waals surface area contributed by atoms with E-state index in [1.165, 1.54) is 0 Å². The van der Waals surface area contributed by atoms with E-state index in [9.17, 15) is 14.7 Å². The first kappa shape index (κ1) is 12.9. The summed E-state index contributed by atoms with van der Waals surface area (Å²) in [6.45, 7) is 1.45. The summed E-state index contributed by atoms with van der Waals surface area (Å²) < 4.78 is 0. The van der Waals surface area contributed by atoms with Gasteiger partial charge in [0.1, 0.15) is 6.10 Å². The molecule has 6 nitrogen and oxygen atoms in total. The van der Waals surface area contributed by atoms with Gasteiger partial charge in [-0.2, -0.15) is 0 Å². The number of carbonyl (C=O) groups is 2. The van der Waals surface area contributed by atoms with Gasteiger partial charge in [-0.1, -0.05) is 0 Å². The Kier molecular flexibility index (Phi) is 4.70. The Morgan fingerprint density at radius 1 is 1.25 bits per heavy atom. The molecule has 0 spiro atoms. The van der Waals surface area contributed by atoms with Gasteiger partial charge in [-0.05, 0) is 12.8 Å². The quantitative estimate of drug-likeness (QED) is 0.540. The molecule has 92 valence electrons. The van der Waals surface area contributed by atoms with Gasteiger partial charge in [-0.15, -0.1) is 0 Å². The summed E-state index contributed by atoms with van der Waals surface area (Å²) in [5.41, 5.74) is 4.84. The van der Waals surface area contributed by atoms with Crippen molar-refractivity contribution < 1.29 is 19.8 Å². The summed E-state index contributed by atoms with van der Waals surface area (Å²) >= 11 is 0. The third-order valence-corrected chi connectivity index (χ3v) is 2.69. The molecule has 0 bridgehead atoms. The Hall–Kier alpha value is -1.14. The van der Waals surface area contributed by atoms with E-state index in [0.29, 0.717) is 0 Å². The van der Waals surface area contributed by atoms with E-state index in [1.54, 1.807) is 4.90 Å². The van der Waals surface area contributed by atoms with Crippen LogP contribution >= 0.6 is 0 Å². The topological polar surface area (TPSA) is 104 Å². The summed E-state index contributed by atoms with van der Waals surface area (Å²) in [4.78, 5) is 23.8. The third kappa shape index (κ3) is 3.79. The minimum Gasteiger partial charge on any atom is -0.392 e. The van der Waals surface area contributed by atoms with E-state index in [0.717, 1.165) is 25.9 Å². The fourth-order valence-electron chi connectivity index (χ4n) is 1.75. The van der Waals surface area contributed by atoms with Gasteiger partial charge in [0.15, 0.2) is 0 Å². The van der Waals surface area contributed by atoms with Gasteiger partial charge in [0.05, 0.1) is 12.5 Å². The van der Waals surface area contributed by atoms with Gasteiger partial charge < -0.3 is 20.8 Å². The van der Waals surface area contributed by atoms with Crippen LogP contribution in [0.2, 0.25) is 0 Å². The minimum absolute atomic E-state index is 0.0651. The number of rotatable bonds is 5. The Morgan fingerprint density at radius 2 is 1.81 bits per heavy atom. The van der Waals surface area contributed by atoms with Crippen LogP contribution in [0.4, 0.5) is 0 Å². The molecule has 2 atom stereocenters. The molecular weight excluding hydrogens is 212 g/mol. The lowest BCUT2D eigenvalue weighted by Gasteiger charge is -2.18. The first-order valence-corrected chi connectivity index (χ1v) is 5.44. The molecule has 1 saturated heterocycles. The molecule has 0 saturated carbocycles. The number of hydrogen-bond donors (Lipinski definition) is 3. The van der Waals surface area contributed by atoms with E-state index in [4.69, 9.17) is 10.8 Å². The van der Waals surface area contributed by atoms with Gasteiger partial charge >= 0.3 is 0 Å². The average molecular weight is 230 g/mol. The second-order valence-electron chi connectivity index (χ2n) is 4.10. The first-order chi connectivity index (χ1) is 7.50. The number of nitrogens with two attached hydrogens (primary N) is 1. The van der Waals surface area contributed by atoms with Crippen LogP contribution in [0.5, 0.6) is 0 Å². The first-order valence-electron chi connectivity index (χ1n) is 5.44. The van der Waals surface area contributed by atoms with Crippen LogP contribution in [-0.4, -0.2) is 52.2 Å². The van der Waals surface area contributed by atoms with Crippen LogP contribution in [-0.2, 0) is 9.59 Å². The zero-order valence-electron chi connectivity index (χ0n) is 9.13. The van der Waals surface area contributed by atoms with Crippen molar-refractivity contribution in [1.29, 1.82) is 0 Å². The van der Waals surface area contributed by atoms with Crippen LogP contribution in [0.1, 0.15) is 25.7 Å². The van der Waals surface area contributed by atoms with Crippen molar-refractivity contribution in [3.63, 3.8) is 0 Å². The summed E-state index contributed by atoms with van der Waals surface area (Å²) in [6, 6.07) is 0. The van der Waals surface area contributed by atoms with Crippen molar-refractivity contribution in [2.75, 3.05) is 13.1 Å². The molecular formula is C10H18N2O4. The van der Waals surface area contributed by atoms with E-state index in [-0.39, 0.29) is 18.7 Å². The fraction of sp³-hybridized carbons (Fsp3) is 0.800. The second-order valence-corrected chi connectivity index (χ2v) is 4.10. The Labute approximate surface area is 94.0 Å². The molecule has 0 aliphatic carbocycles. The number of aliphatic hydroxyl groups excluding tert-OH is 2. The maximum atomic E-state index is 11.6. The normalized spacial score (nSPS) is 19.5. The number of carbonyl (C=O) groups excluding carboxylic acids is 2. The van der Waals surface area contributed by atoms with Crippen molar-refractivity contribution >= 4 is 11.8 Å². The zero-order chi connectivity index (χ0) is 12.1. The summed E-state index contributed by atoms with van der Waals surface area (Å²) in [6.07, 6.45) is -0.673. The van der Waals surface area contributed by atoms with Crippen molar-refractivity contribution in [3.05, 3.63) is 0 Å². The minimum atomic E-state index is -1.39. The van der Waals surface area contributed by atoms with Crippen molar-refractivity contribution in [3.8, 4) is 0 Å². The standard InChI is InChI=1S/C10H18N2O4/c11-10(16)8(14)5-7(13)6-9(15)12-3-1-2-4-12/h7-8,13-14H,1-6H2,(H2,11,16)/t7-,8+/m1/s1. The highest BCUT2D eigenvalue weighted by Gasteiger charge is 2.23. The zero-order valence-corrected chi connectivity index (χ0v) is 9.13. The number of likely N-dealkylation sites (tertiary alicyclic amines) is 1. The van der Waals surface area contributed by atoms with E-state index < -0.39 is 18.1 Å². The predicted octanol–water partition coefficient (Wildman–Crippen LogP) is -1.40.